The molecular weight excluding hydrogens is 372 g/mol. The molecule has 2 aromatic carbocycles. The zero-order valence-electron chi connectivity index (χ0n) is 14.6. The van der Waals surface area contributed by atoms with E-state index in [2.05, 4.69) is 10.3 Å². The van der Waals surface area contributed by atoms with E-state index in [0.717, 1.165) is 53.0 Å². The second-order valence-electron chi connectivity index (χ2n) is 6.73. The molecule has 1 fully saturated rings. The zero-order valence-corrected chi connectivity index (χ0v) is 15.4. The molecule has 5 heteroatoms. The third kappa shape index (κ3) is 5.66. The van der Waals surface area contributed by atoms with Gasteiger partial charge in [0, 0.05) is 35.2 Å². The molecule has 1 aliphatic rings. The van der Waals surface area contributed by atoms with Gasteiger partial charge < -0.3 is 19.8 Å². The van der Waals surface area contributed by atoms with Gasteiger partial charge in [-0.1, -0.05) is 38.6 Å². The van der Waals surface area contributed by atoms with Crippen LogP contribution in [0.5, 0.6) is 11.5 Å². The van der Waals surface area contributed by atoms with E-state index in [-0.39, 0.29) is 14.9 Å². The average Bonchev–Trinajstić information content (AvgIpc) is 3.41. The van der Waals surface area contributed by atoms with E-state index in [9.17, 15) is 0 Å². The van der Waals surface area contributed by atoms with Gasteiger partial charge in [0.1, 0.15) is 6.61 Å². The third-order valence-electron chi connectivity index (χ3n) is 4.60. The van der Waals surface area contributed by atoms with Gasteiger partial charge in [-0.3, -0.25) is 0 Å². The van der Waals surface area contributed by atoms with Gasteiger partial charge in [-0.15, -0.1) is 0 Å². The molecule has 0 amide bonds. The smallest absolute Gasteiger partial charge is 0.161 e. The predicted octanol–water partition coefficient (Wildman–Crippen LogP) is 6.05. The average molecular weight is 403 g/mol. The van der Waals surface area contributed by atoms with Gasteiger partial charge >= 0.3 is 0 Å². The maximum atomic E-state index is 6.10. The molecule has 0 aliphatic heterocycles. The first kappa shape index (κ1) is 22.1. The van der Waals surface area contributed by atoms with Crippen LogP contribution in [0.25, 0.3) is 10.9 Å². The second kappa shape index (κ2) is 10.4. The Bertz CT molecular complexity index is 874. The van der Waals surface area contributed by atoms with Crippen LogP contribution >= 0.6 is 11.6 Å². The molecule has 0 unspecified atom stereocenters. The number of aromatic amines is 1. The van der Waals surface area contributed by atoms with Crippen molar-refractivity contribution in [1.82, 2.24) is 10.3 Å². The van der Waals surface area contributed by atoms with Crippen LogP contribution in [0.4, 0.5) is 0 Å². The highest BCUT2D eigenvalue weighted by atomic mass is 35.5. The number of H-pyrrole nitrogens is 1. The topological polar surface area (TPSA) is 46.3 Å². The van der Waals surface area contributed by atoms with Gasteiger partial charge in [-0.05, 0) is 54.7 Å². The molecule has 28 heavy (non-hydrogen) atoms. The highest BCUT2D eigenvalue weighted by Gasteiger charge is 2.22. The molecule has 4 nitrogen and oxygen atoms in total. The number of hydrogen-bond acceptors (Lipinski definition) is 3. The van der Waals surface area contributed by atoms with E-state index in [1.807, 2.05) is 48.7 Å². The number of rotatable bonds is 9. The van der Waals surface area contributed by atoms with Crippen LogP contribution < -0.4 is 14.8 Å². The fourth-order valence-corrected chi connectivity index (χ4v) is 3.11. The monoisotopic (exact) mass is 402 g/mol. The maximum absolute atomic E-state index is 6.10. The molecule has 0 atom stereocenters. The van der Waals surface area contributed by atoms with Crippen LogP contribution in [0.1, 0.15) is 33.3 Å². The summed E-state index contributed by atoms with van der Waals surface area (Å²) in [5, 5.41) is 5.33. The van der Waals surface area contributed by atoms with Gasteiger partial charge in [-0.2, -0.15) is 0 Å². The van der Waals surface area contributed by atoms with Crippen molar-refractivity contribution in [2.24, 2.45) is 5.92 Å². The summed E-state index contributed by atoms with van der Waals surface area (Å²) in [6.45, 7) is 2.91. The van der Waals surface area contributed by atoms with Gasteiger partial charge in [0.05, 0.1) is 6.61 Å². The molecule has 152 valence electrons. The Morgan fingerprint density at radius 3 is 2.54 bits per heavy atom. The lowest BCUT2D eigenvalue weighted by molar-refractivity contribution is 0.259. The number of nitrogens with one attached hydrogen (secondary N) is 2. The van der Waals surface area contributed by atoms with E-state index < -0.39 is 0 Å². The fraction of sp³-hybridized carbons (Fsp3) is 0.391. The van der Waals surface area contributed by atoms with Crippen LogP contribution in [-0.4, -0.2) is 24.7 Å². The lowest BCUT2D eigenvalue weighted by atomic mass is 10.2. The number of ether oxygens (including phenoxy) is 2. The van der Waals surface area contributed by atoms with Gasteiger partial charge in [0.2, 0.25) is 0 Å². The Kier molecular flexibility index (Phi) is 8.21. The van der Waals surface area contributed by atoms with Crippen molar-refractivity contribution in [2.75, 3.05) is 19.8 Å². The van der Waals surface area contributed by atoms with Crippen molar-refractivity contribution in [3.8, 4) is 11.5 Å². The summed E-state index contributed by atoms with van der Waals surface area (Å²) in [6.07, 6.45) is 4.59. The lowest BCUT2D eigenvalue weighted by Gasteiger charge is -2.12. The summed E-state index contributed by atoms with van der Waals surface area (Å²) in [7, 11) is 0. The summed E-state index contributed by atoms with van der Waals surface area (Å²) in [4.78, 5) is 3.27. The van der Waals surface area contributed by atoms with Gasteiger partial charge in [0.15, 0.2) is 11.5 Å². The Morgan fingerprint density at radius 1 is 1.04 bits per heavy atom. The minimum absolute atomic E-state index is 0. The Hall–Kier alpha value is -2.17. The lowest BCUT2D eigenvalue weighted by Crippen LogP contribution is -2.20. The summed E-state index contributed by atoms with van der Waals surface area (Å²) in [6, 6.07) is 13.8. The molecule has 4 rings (SSSR count). The van der Waals surface area contributed by atoms with Crippen LogP contribution in [0, 0.1) is 5.92 Å². The first-order chi connectivity index (χ1) is 12.8. The van der Waals surface area contributed by atoms with Crippen molar-refractivity contribution < 1.29 is 9.47 Å². The Balaban J connectivity index is 0.00000140. The van der Waals surface area contributed by atoms with Crippen molar-refractivity contribution >= 4 is 22.5 Å². The Labute approximate surface area is 173 Å². The largest absolute Gasteiger partial charge is 0.489 e. The number of aromatic nitrogens is 1. The molecular formula is C23H31ClN2O2. The van der Waals surface area contributed by atoms with Crippen LogP contribution in [0.15, 0.2) is 48.7 Å². The van der Waals surface area contributed by atoms with Gasteiger partial charge in [0.25, 0.3) is 0 Å². The molecule has 0 saturated heterocycles. The molecule has 1 heterocycles. The minimum atomic E-state index is 0. The molecule has 1 aromatic heterocycles. The molecule has 1 saturated carbocycles. The van der Waals surface area contributed by atoms with Crippen molar-refractivity contribution in [1.29, 1.82) is 0 Å². The fourth-order valence-electron chi connectivity index (χ4n) is 2.93. The SMILES string of the molecule is C.C.Clc1ccc2[nH]cc(CNCCOc3ccccc3OCC3CC3)c2c1. The van der Waals surface area contributed by atoms with E-state index in [1.165, 1.54) is 18.4 Å². The number of hydrogen-bond donors (Lipinski definition) is 2. The second-order valence-corrected chi connectivity index (χ2v) is 7.17. The molecule has 0 spiro atoms. The van der Waals surface area contributed by atoms with E-state index in [4.69, 9.17) is 21.1 Å². The first-order valence-corrected chi connectivity index (χ1v) is 9.48. The van der Waals surface area contributed by atoms with Crippen LogP contribution in [0.3, 0.4) is 0 Å². The standard InChI is InChI=1S/C21H23ClN2O2.2CH4/c22-17-7-8-19-18(11-17)16(13-24-19)12-23-9-10-25-20-3-1-2-4-21(20)26-14-15-5-6-15;;/h1-4,7-8,11,13,15,23-24H,5-6,9-10,12,14H2;2*1H4. The van der Waals surface area contributed by atoms with Crippen molar-refractivity contribution in [3.63, 3.8) is 0 Å². The Morgan fingerprint density at radius 2 is 1.79 bits per heavy atom. The maximum Gasteiger partial charge on any atom is 0.161 e. The summed E-state index contributed by atoms with van der Waals surface area (Å²) in [5.41, 5.74) is 2.31. The molecule has 2 N–H and O–H groups in total. The van der Waals surface area contributed by atoms with Gasteiger partial charge in [-0.25, -0.2) is 0 Å². The highest BCUT2D eigenvalue weighted by molar-refractivity contribution is 6.31. The van der Waals surface area contributed by atoms with E-state index in [1.54, 1.807) is 0 Å². The zero-order chi connectivity index (χ0) is 17.8. The summed E-state index contributed by atoms with van der Waals surface area (Å²) < 4.78 is 11.8. The predicted molar refractivity (Wildman–Crippen MR) is 119 cm³/mol. The summed E-state index contributed by atoms with van der Waals surface area (Å²) in [5.74, 6) is 2.38. The highest BCUT2D eigenvalue weighted by Crippen LogP contribution is 2.32. The first-order valence-electron chi connectivity index (χ1n) is 9.10. The number of fused-ring (bicyclic) bond motifs is 1. The van der Waals surface area contributed by atoms with E-state index in [0.29, 0.717) is 6.61 Å². The number of benzene rings is 2. The number of halogens is 1. The number of para-hydroxylation sites is 2. The summed E-state index contributed by atoms with van der Waals surface area (Å²) >= 11 is 6.10. The normalized spacial score (nSPS) is 12.9. The van der Waals surface area contributed by atoms with Crippen molar-refractivity contribution in [2.45, 2.75) is 34.2 Å². The van der Waals surface area contributed by atoms with Crippen LogP contribution in [-0.2, 0) is 6.54 Å². The molecule has 0 bridgehead atoms. The van der Waals surface area contributed by atoms with Crippen LogP contribution in [0.2, 0.25) is 5.02 Å². The molecule has 1 aliphatic carbocycles. The molecule has 0 radical (unpaired) electrons. The molecule has 3 aromatic rings. The van der Waals surface area contributed by atoms with Crippen molar-refractivity contribution in [3.05, 3.63) is 59.2 Å². The minimum Gasteiger partial charge on any atom is -0.489 e. The third-order valence-corrected chi connectivity index (χ3v) is 4.84. The van der Waals surface area contributed by atoms with E-state index >= 15 is 0 Å². The quantitative estimate of drug-likeness (QED) is 0.428.